The molecule has 1 heterocycles. The van der Waals surface area contributed by atoms with Crippen molar-refractivity contribution in [1.29, 1.82) is 0 Å². The second-order valence-corrected chi connectivity index (χ2v) is 8.76. The minimum atomic E-state index is -0.503. The van der Waals surface area contributed by atoms with Crippen molar-refractivity contribution in [2.24, 2.45) is 5.92 Å². The SMILES string of the molecule is Cc1ccc(CN(Cc2ccccc2)C(=O)CN(CC(C)C)C(=O)Nc2ccc([N+](=O)[O-])cc2)o1. The molecule has 0 bridgehead atoms. The number of nitro groups is 1. The number of amides is 3. The second-order valence-electron chi connectivity index (χ2n) is 8.76. The Labute approximate surface area is 204 Å². The van der Waals surface area contributed by atoms with Gasteiger partial charge in [0.25, 0.3) is 5.69 Å². The van der Waals surface area contributed by atoms with E-state index in [1.54, 1.807) is 4.90 Å². The lowest BCUT2D eigenvalue weighted by Gasteiger charge is -2.28. The first-order chi connectivity index (χ1) is 16.7. The molecule has 1 aromatic heterocycles. The maximum absolute atomic E-state index is 13.4. The quantitative estimate of drug-likeness (QED) is 0.318. The molecule has 0 spiro atoms. The van der Waals surface area contributed by atoms with Crippen LogP contribution in [0.25, 0.3) is 0 Å². The molecule has 3 aromatic rings. The van der Waals surface area contributed by atoms with E-state index in [2.05, 4.69) is 5.32 Å². The summed E-state index contributed by atoms with van der Waals surface area (Å²) in [5.74, 6) is 1.33. The summed E-state index contributed by atoms with van der Waals surface area (Å²) in [6.07, 6.45) is 0. The van der Waals surface area contributed by atoms with Crippen LogP contribution in [0.15, 0.2) is 71.1 Å². The normalized spacial score (nSPS) is 10.7. The highest BCUT2D eigenvalue weighted by Crippen LogP contribution is 2.17. The minimum absolute atomic E-state index is 0.0677. The lowest BCUT2D eigenvalue weighted by atomic mass is 10.2. The molecular formula is C26H30N4O5. The molecule has 0 radical (unpaired) electrons. The van der Waals surface area contributed by atoms with Gasteiger partial charge in [0.2, 0.25) is 5.91 Å². The predicted octanol–water partition coefficient (Wildman–Crippen LogP) is 5.22. The number of nitrogens with one attached hydrogen (secondary N) is 1. The van der Waals surface area contributed by atoms with Gasteiger partial charge in [-0.25, -0.2) is 4.79 Å². The highest BCUT2D eigenvalue weighted by molar-refractivity contribution is 5.92. The largest absolute Gasteiger partial charge is 0.464 e. The van der Waals surface area contributed by atoms with Crippen LogP contribution in [0, 0.1) is 23.0 Å². The zero-order chi connectivity index (χ0) is 25.4. The van der Waals surface area contributed by atoms with Gasteiger partial charge >= 0.3 is 6.03 Å². The Morgan fingerprint density at radius 1 is 0.971 bits per heavy atom. The van der Waals surface area contributed by atoms with E-state index in [0.29, 0.717) is 24.5 Å². The number of hydrogen-bond donors (Lipinski definition) is 1. The van der Waals surface area contributed by atoms with E-state index < -0.39 is 11.0 Å². The number of rotatable bonds is 10. The van der Waals surface area contributed by atoms with E-state index in [4.69, 9.17) is 4.42 Å². The fourth-order valence-electron chi connectivity index (χ4n) is 3.59. The molecule has 9 heteroatoms. The zero-order valence-electron chi connectivity index (χ0n) is 20.1. The Kier molecular flexibility index (Phi) is 8.61. The van der Waals surface area contributed by atoms with E-state index in [-0.39, 0.29) is 30.6 Å². The van der Waals surface area contributed by atoms with Crippen molar-refractivity contribution in [2.45, 2.75) is 33.9 Å². The van der Waals surface area contributed by atoms with Gasteiger partial charge in [0.15, 0.2) is 0 Å². The molecule has 0 saturated heterocycles. The summed E-state index contributed by atoms with van der Waals surface area (Å²) in [5, 5.41) is 13.6. The standard InChI is InChI=1S/C26H30N4O5/c1-19(2)15-29(26(32)27-22-10-12-23(13-11-22)30(33)34)18-25(31)28(16-21-7-5-4-6-8-21)17-24-14-9-20(3)35-24/h4-14,19H,15-18H2,1-3H3,(H,27,32). The first-order valence-corrected chi connectivity index (χ1v) is 11.4. The third kappa shape index (κ3) is 7.70. The smallest absolute Gasteiger partial charge is 0.322 e. The number of furan rings is 1. The zero-order valence-corrected chi connectivity index (χ0v) is 20.1. The maximum Gasteiger partial charge on any atom is 0.322 e. The lowest BCUT2D eigenvalue weighted by Crippen LogP contribution is -2.45. The molecule has 9 nitrogen and oxygen atoms in total. The summed E-state index contributed by atoms with van der Waals surface area (Å²) in [6, 6.07) is 18.4. The fourth-order valence-corrected chi connectivity index (χ4v) is 3.59. The van der Waals surface area contributed by atoms with E-state index >= 15 is 0 Å². The molecule has 2 aromatic carbocycles. The molecule has 0 aliphatic rings. The van der Waals surface area contributed by atoms with Crippen LogP contribution in [-0.2, 0) is 17.9 Å². The lowest BCUT2D eigenvalue weighted by molar-refractivity contribution is -0.384. The van der Waals surface area contributed by atoms with Crippen LogP contribution in [0.4, 0.5) is 16.2 Å². The van der Waals surface area contributed by atoms with Crippen LogP contribution in [0.2, 0.25) is 0 Å². The van der Waals surface area contributed by atoms with Crippen molar-refractivity contribution >= 4 is 23.3 Å². The number of carbonyl (C=O) groups is 2. The average Bonchev–Trinajstić information content (AvgIpc) is 3.23. The topological polar surface area (TPSA) is 109 Å². The van der Waals surface area contributed by atoms with Crippen LogP contribution in [0.1, 0.15) is 30.9 Å². The third-order valence-electron chi connectivity index (χ3n) is 5.24. The Balaban J connectivity index is 1.75. The minimum Gasteiger partial charge on any atom is -0.464 e. The highest BCUT2D eigenvalue weighted by Gasteiger charge is 2.23. The number of carbonyl (C=O) groups excluding carboxylic acids is 2. The number of non-ortho nitro benzene ring substituents is 1. The Bertz CT molecular complexity index is 1140. The van der Waals surface area contributed by atoms with E-state index in [1.807, 2.05) is 63.2 Å². The summed E-state index contributed by atoms with van der Waals surface area (Å²) in [6.45, 7) is 6.67. The van der Waals surface area contributed by atoms with Crippen molar-refractivity contribution in [2.75, 3.05) is 18.4 Å². The second kappa shape index (κ2) is 11.8. The van der Waals surface area contributed by atoms with Gasteiger partial charge in [0, 0.05) is 30.9 Å². The Morgan fingerprint density at radius 3 is 2.23 bits per heavy atom. The molecule has 0 atom stereocenters. The van der Waals surface area contributed by atoms with Crippen LogP contribution >= 0.6 is 0 Å². The molecule has 0 saturated carbocycles. The summed E-state index contributed by atoms with van der Waals surface area (Å²) >= 11 is 0. The highest BCUT2D eigenvalue weighted by atomic mass is 16.6. The number of anilines is 1. The number of urea groups is 1. The van der Waals surface area contributed by atoms with E-state index in [9.17, 15) is 19.7 Å². The van der Waals surface area contributed by atoms with Gasteiger partial charge in [0.05, 0.1) is 11.5 Å². The molecule has 0 fully saturated rings. The van der Waals surface area contributed by atoms with Crippen LogP contribution < -0.4 is 5.32 Å². The molecule has 184 valence electrons. The van der Waals surface area contributed by atoms with Crippen LogP contribution in [0.5, 0.6) is 0 Å². The van der Waals surface area contributed by atoms with Gasteiger partial charge < -0.3 is 19.5 Å². The van der Waals surface area contributed by atoms with Crippen molar-refractivity contribution in [3.8, 4) is 0 Å². The van der Waals surface area contributed by atoms with Crippen LogP contribution in [-0.4, -0.2) is 39.8 Å². The molecule has 0 aliphatic heterocycles. The molecular weight excluding hydrogens is 448 g/mol. The van der Waals surface area contributed by atoms with Gasteiger partial charge in [-0.2, -0.15) is 0 Å². The molecule has 35 heavy (non-hydrogen) atoms. The van der Waals surface area contributed by atoms with E-state index in [1.165, 1.54) is 29.2 Å². The van der Waals surface area contributed by atoms with Crippen molar-refractivity contribution in [1.82, 2.24) is 9.80 Å². The van der Waals surface area contributed by atoms with Gasteiger partial charge in [0.1, 0.15) is 18.1 Å². The molecule has 0 unspecified atom stereocenters. The Hall–Kier alpha value is -4.14. The third-order valence-corrected chi connectivity index (χ3v) is 5.24. The maximum atomic E-state index is 13.4. The molecule has 3 amide bonds. The van der Waals surface area contributed by atoms with Gasteiger partial charge in [-0.05, 0) is 42.7 Å². The summed E-state index contributed by atoms with van der Waals surface area (Å²) in [7, 11) is 0. The monoisotopic (exact) mass is 478 g/mol. The Morgan fingerprint density at radius 2 is 1.66 bits per heavy atom. The number of benzene rings is 2. The number of hydrogen-bond acceptors (Lipinski definition) is 5. The van der Waals surface area contributed by atoms with E-state index in [0.717, 1.165) is 11.3 Å². The first kappa shape index (κ1) is 25.5. The van der Waals surface area contributed by atoms with Crippen molar-refractivity contribution < 1.29 is 18.9 Å². The molecule has 3 rings (SSSR count). The molecule has 1 N–H and O–H groups in total. The summed E-state index contributed by atoms with van der Waals surface area (Å²) < 4.78 is 5.69. The van der Waals surface area contributed by atoms with Crippen molar-refractivity contribution in [3.05, 3.63) is 93.9 Å². The van der Waals surface area contributed by atoms with Gasteiger partial charge in [-0.15, -0.1) is 0 Å². The fraction of sp³-hybridized carbons (Fsp3) is 0.308. The number of nitro benzene ring substituents is 1. The van der Waals surface area contributed by atoms with Crippen molar-refractivity contribution in [3.63, 3.8) is 0 Å². The summed E-state index contributed by atoms with van der Waals surface area (Å²) in [4.78, 5) is 39.9. The van der Waals surface area contributed by atoms with Gasteiger partial charge in [-0.1, -0.05) is 44.2 Å². The number of nitrogens with zero attached hydrogens (tertiary/aromatic N) is 3. The predicted molar refractivity (Wildman–Crippen MR) is 133 cm³/mol. The van der Waals surface area contributed by atoms with Crippen LogP contribution in [0.3, 0.4) is 0 Å². The first-order valence-electron chi connectivity index (χ1n) is 11.4. The number of aryl methyl sites for hydroxylation is 1. The molecule has 0 aliphatic carbocycles. The summed E-state index contributed by atoms with van der Waals surface area (Å²) in [5.41, 5.74) is 1.31. The van der Waals surface area contributed by atoms with Gasteiger partial charge in [-0.3, -0.25) is 14.9 Å². The average molecular weight is 479 g/mol.